The van der Waals surface area contributed by atoms with Crippen molar-refractivity contribution in [3.8, 4) is 0 Å². The van der Waals surface area contributed by atoms with E-state index in [1.165, 1.54) is 0 Å². The summed E-state index contributed by atoms with van der Waals surface area (Å²) in [6.07, 6.45) is 0. The van der Waals surface area contributed by atoms with Crippen LogP contribution in [0, 0.1) is 6.92 Å². The van der Waals surface area contributed by atoms with Crippen molar-refractivity contribution in [3.05, 3.63) is 29.8 Å². The van der Waals surface area contributed by atoms with Crippen molar-refractivity contribution in [2.75, 3.05) is 4.72 Å². The number of hydrogen-bond acceptors (Lipinski definition) is 1. The summed E-state index contributed by atoms with van der Waals surface area (Å²) < 4.78 is 36.6. The summed E-state index contributed by atoms with van der Waals surface area (Å²) >= 11 is 0. The fourth-order valence-corrected chi connectivity index (χ4v) is 1.32. The molecule has 0 saturated carbocycles. The number of rotatable bonds is 3. The molecular formula is C8H9F2NOS. The smallest absolute Gasteiger partial charge is 0.300 e. The zero-order valence-corrected chi connectivity index (χ0v) is 7.78. The highest BCUT2D eigenvalue weighted by Crippen LogP contribution is 2.12. The first-order chi connectivity index (χ1) is 6.09. The Labute approximate surface area is 77.6 Å². The first-order valence-corrected chi connectivity index (χ1v) is 4.83. The Morgan fingerprint density at radius 3 is 2.69 bits per heavy atom. The second-order valence-corrected chi connectivity index (χ2v) is 3.68. The van der Waals surface area contributed by atoms with E-state index in [0.717, 1.165) is 5.56 Å². The predicted octanol–water partition coefficient (Wildman–Crippen LogP) is 2.29. The van der Waals surface area contributed by atoms with Gasteiger partial charge in [-0.15, -0.1) is 0 Å². The van der Waals surface area contributed by atoms with Crippen molar-refractivity contribution < 1.29 is 13.0 Å². The third-order valence-electron chi connectivity index (χ3n) is 1.40. The molecule has 13 heavy (non-hydrogen) atoms. The minimum Gasteiger partial charge on any atom is -0.300 e. The molecule has 1 unspecified atom stereocenters. The molecule has 0 aliphatic rings. The Hall–Kier alpha value is -0.970. The quantitative estimate of drug-likeness (QED) is 0.806. The Balaban J connectivity index is 2.69. The first-order valence-electron chi connectivity index (χ1n) is 3.61. The normalized spacial score (nSPS) is 12.9. The molecule has 72 valence electrons. The topological polar surface area (TPSA) is 29.1 Å². The summed E-state index contributed by atoms with van der Waals surface area (Å²) in [5, 5.41) is 0. The van der Waals surface area contributed by atoms with E-state index in [1.807, 2.05) is 13.0 Å². The molecule has 1 rings (SSSR count). The van der Waals surface area contributed by atoms with Gasteiger partial charge in [-0.05, 0) is 24.6 Å². The van der Waals surface area contributed by atoms with Crippen molar-refractivity contribution in [2.45, 2.75) is 12.7 Å². The lowest BCUT2D eigenvalue weighted by Gasteiger charge is -2.04. The molecule has 0 amide bonds. The molecule has 0 aromatic heterocycles. The molecule has 0 spiro atoms. The zero-order chi connectivity index (χ0) is 9.84. The minimum absolute atomic E-state index is 0.443. The molecule has 1 N–H and O–H groups in total. The van der Waals surface area contributed by atoms with E-state index in [0.29, 0.717) is 5.69 Å². The van der Waals surface area contributed by atoms with Gasteiger partial charge in [-0.1, -0.05) is 12.1 Å². The van der Waals surface area contributed by atoms with Crippen LogP contribution in [0.2, 0.25) is 0 Å². The van der Waals surface area contributed by atoms with Crippen molar-refractivity contribution in [1.82, 2.24) is 0 Å². The molecule has 2 nitrogen and oxygen atoms in total. The van der Waals surface area contributed by atoms with Crippen molar-refractivity contribution in [2.24, 2.45) is 0 Å². The third kappa shape index (κ3) is 3.10. The number of hydrogen-bond donors (Lipinski definition) is 1. The number of nitrogens with one attached hydrogen (secondary N) is 1. The van der Waals surface area contributed by atoms with Crippen molar-refractivity contribution in [3.63, 3.8) is 0 Å². The van der Waals surface area contributed by atoms with Crippen LogP contribution in [0.25, 0.3) is 0 Å². The van der Waals surface area contributed by atoms with E-state index in [2.05, 4.69) is 4.72 Å². The Bertz CT molecular complexity index is 317. The second kappa shape index (κ2) is 4.32. The van der Waals surface area contributed by atoms with Crippen LogP contribution in [0.1, 0.15) is 5.56 Å². The van der Waals surface area contributed by atoms with Gasteiger partial charge in [-0.2, -0.15) is 8.78 Å². The van der Waals surface area contributed by atoms with E-state index in [1.54, 1.807) is 18.2 Å². The molecule has 1 atom stereocenters. The van der Waals surface area contributed by atoms with Gasteiger partial charge in [0.15, 0.2) is 11.0 Å². The van der Waals surface area contributed by atoms with E-state index in [9.17, 15) is 13.0 Å². The maximum absolute atomic E-state index is 11.9. The van der Waals surface area contributed by atoms with Gasteiger partial charge in [-0.25, -0.2) is 4.21 Å². The van der Waals surface area contributed by atoms with Crippen LogP contribution < -0.4 is 4.72 Å². The SMILES string of the molecule is Cc1cccc(NS(=O)C(F)F)c1. The maximum Gasteiger partial charge on any atom is 0.330 e. The summed E-state index contributed by atoms with van der Waals surface area (Å²) in [4.78, 5) is 0. The van der Waals surface area contributed by atoms with Crippen LogP contribution in [0.3, 0.4) is 0 Å². The zero-order valence-electron chi connectivity index (χ0n) is 6.96. The number of anilines is 1. The van der Waals surface area contributed by atoms with E-state index in [-0.39, 0.29) is 0 Å². The Kier molecular flexibility index (Phi) is 3.36. The average Bonchev–Trinajstić information content (AvgIpc) is 2.04. The molecule has 0 radical (unpaired) electrons. The van der Waals surface area contributed by atoms with E-state index >= 15 is 0 Å². The monoisotopic (exact) mass is 205 g/mol. The van der Waals surface area contributed by atoms with Gasteiger partial charge in [0.25, 0.3) is 0 Å². The highest BCUT2D eigenvalue weighted by atomic mass is 32.2. The Morgan fingerprint density at radius 1 is 1.46 bits per heavy atom. The maximum atomic E-state index is 11.9. The van der Waals surface area contributed by atoms with Crippen LogP contribution in [0.4, 0.5) is 14.5 Å². The van der Waals surface area contributed by atoms with Crippen LogP contribution in [0.5, 0.6) is 0 Å². The van der Waals surface area contributed by atoms with Gasteiger partial charge < -0.3 is 4.72 Å². The lowest BCUT2D eigenvalue weighted by atomic mass is 10.2. The van der Waals surface area contributed by atoms with Gasteiger partial charge in [0.1, 0.15) is 0 Å². The number of benzene rings is 1. The van der Waals surface area contributed by atoms with Crippen LogP contribution in [0.15, 0.2) is 24.3 Å². The van der Waals surface area contributed by atoms with Gasteiger partial charge in [0, 0.05) is 5.69 Å². The number of aryl methyl sites for hydroxylation is 1. The molecule has 0 aliphatic carbocycles. The minimum atomic E-state index is -2.86. The van der Waals surface area contributed by atoms with Crippen LogP contribution in [-0.2, 0) is 11.0 Å². The molecule has 1 aromatic rings. The predicted molar refractivity (Wildman–Crippen MR) is 48.9 cm³/mol. The summed E-state index contributed by atoms with van der Waals surface area (Å²) in [6.45, 7) is 1.83. The van der Waals surface area contributed by atoms with Crippen molar-refractivity contribution in [1.29, 1.82) is 0 Å². The lowest BCUT2D eigenvalue weighted by molar-refractivity contribution is 0.244. The molecule has 1 aromatic carbocycles. The highest BCUT2D eigenvalue weighted by Gasteiger charge is 2.12. The standard InChI is InChI=1S/C8H9F2NOS/c1-6-3-2-4-7(5-6)11-13(12)8(9)10/h2-5,8,11H,1H3. The molecular weight excluding hydrogens is 196 g/mol. The lowest BCUT2D eigenvalue weighted by Crippen LogP contribution is -2.12. The summed E-state index contributed by atoms with van der Waals surface area (Å²) in [7, 11) is -2.31. The van der Waals surface area contributed by atoms with Gasteiger partial charge >= 0.3 is 5.76 Å². The Morgan fingerprint density at radius 2 is 2.15 bits per heavy atom. The third-order valence-corrected chi connectivity index (χ3v) is 2.16. The second-order valence-electron chi connectivity index (χ2n) is 2.53. The van der Waals surface area contributed by atoms with Crippen LogP contribution >= 0.6 is 0 Å². The highest BCUT2D eigenvalue weighted by molar-refractivity contribution is 7.86. The number of alkyl halides is 2. The van der Waals surface area contributed by atoms with Gasteiger partial charge in [-0.3, -0.25) is 0 Å². The van der Waals surface area contributed by atoms with E-state index in [4.69, 9.17) is 0 Å². The molecule has 0 heterocycles. The fourth-order valence-electron chi connectivity index (χ4n) is 0.869. The van der Waals surface area contributed by atoms with Gasteiger partial charge in [0.05, 0.1) is 0 Å². The molecule has 5 heteroatoms. The summed E-state index contributed by atoms with van der Waals surface area (Å²) in [6, 6.07) is 6.78. The molecule has 0 saturated heterocycles. The van der Waals surface area contributed by atoms with Gasteiger partial charge in [0.2, 0.25) is 0 Å². The summed E-state index contributed by atoms with van der Waals surface area (Å²) in [5.74, 6) is -2.86. The molecule has 0 fully saturated rings. The molecule has 0 aliphatic heterocycles. The van der Waals surface area contributed by atoms with Crippen molar-refractivity contribution >= 4 is 16.7 Å². The fraction of sp³-hybridized carbons (Fsp3) is 0.250. The molecule has 0 bridgehead atoms. The average molecular weight is 205 g/mol. The van der Waals surface area contributed by atoms with Crippen LogP contribution in [-0.4, -0.2) is 9.97 Å². The number of halogens is 2. The largest absolute Gasteiger partial charge is 0.330 e. The summed E-state index contributed by atoms with van der Waals surface area (Å²) in [5.41, 5.74) is 1.37. The first kappa shape index (κ1) is 10.1. The van der Waals surface area contributed by atoms with E-state index < -0.39 is 16.7 Å².